The number of piperidine rings is 2. The fourth-order valence-corrected chi connectivity index (χ4v) is 4.65. The van der Waals surface area contributed by atoms with Crippen molar-refractivity contribution in [3.05, 3.63) is 71.9 Å². The van der Waals surface area contributed by atoms with Gasteiger partial charge >= 0.3 is 0 Å². The fraction of sp³-hybridized carbons (Fsp3) is 0.333. The van der Waals surface area contributed by atoms with Crippen LogP contribution in [0, 0.1) is 18.7 Å². The first-order valence-corrected chi connectivity index (χ1v) is 10.6. The molecule has 158 valence electrons. The molecule has 1 saturated carbocycles. The average molecular weight is 418 g/mol. The smallest absolute Gasteiger partial charge is 0.255 e. The topological polar surface area (TPSA) is 68.2 Å². The largest absolute Gasteiger partial charge is 0.472 e. The highest BCUT2D eigenvalue weighted by atomic mass is 19.1. The third kappa shape index (κ3) is 3.87. The Kier molecular flexibility index (Phi) is 5.10. The standard InChI is InChI=1S/C24H23FN4O2/c1-15-3-8-22(28-13-15)31-21-11-16-4-7-20(21)29(14-16)24(30)19-12-17(25)5-6-18(19)23-26-9-2-10-27-23/h2-3,5-6,8-10,12-13,16,20-21H,4,7,11,14H2,1H3/t16-,20-,21+/m0/s1. The molecule has 0 N–H and O–H groups in total. The molecule has 2 aromatic heterocycles. The Balaban J connectivity index is 1.44. The Morgan fingerprint density at radius 3 is 2.71 bits per heavy atom. The first-order chi connectivity index (χ1) is 15.1. The number of hydrogen-bond acceptors (Lipinski definition) is 5. The molecule has 7 heteroatoms. The van der Waals surface area contributed by atoms with Crippen LogP contribution < -0.4 is 4.74 Å². The number of hydrogen-bond donors (Lipinski definition) is 0. The Labute approximate surface area is 180 Å². The zero-order chi connectivity index (χ0) is 21.4. The van der Waals surface area contributed by atoms with E-state index in [2.05, 4.69) is 15.0 Å². The maximum Gasteiger partial charge on any atom is 0.255 e. The van der Waals surface area contributed by atoms with Crippen LogP contribution in [0.3, 0.4) is 0 Å². The zero-order valence-electron chi connectivity index (χ0n) is 17.2. The number of carbonyl (C=O) groups is 1. The van der Waals surface area contributed by atoms with Gasteiger partial charge in [0.15, 0.2) is 5.82 Å². The second-order valence-electron chi connectivity index (χ2n) is 8.30. The summed E-state index contributed by atoms with van der Waals surface area (Å²) in [7, 11) is 0. The lowest BCUT2D eigenvalue weighted by molar-refractivity contribution is -0.0313. The second kappa shape index (κ2) is 8.06. The van der Waals surface area contributed by atoms with E-state index in [0.29, 0.717) is 29.7 Å². The van der Waals surface area contributed by atoms with E-state index < -0.39 is 5.82 Å². The summed E-state index contributed by atoms with van der Waals surface area (Å²) in [5.74, 6) is 0.669. The second-order valence-corrected chi connectivity index (χ2v) is 8.30. The van der Waals surface area contributed by atoms with Crippen LogP contribution >= 0.6 is 0 Å². The van der Waals surface area contributed by atoms with Crippen molar-refractivity contribution in [3.63, 3.8) is 0 Å². The number of halogens is 1. The normalized spacial score (nSPS) is 22.4. The van der Waals surface area contributed by atoms with E-state index in [1.54, 1.807) is 30.7 Å². The van der Waals surface area contributed by atoms with E-state index >= 15 is 0 Å². The third-order valence-electron chi connectivity index (χ3n) is 6.16. The lowest BCUT2D eigenvalue weighted by atomic mass is 9.77. The number of aryl methyl sites for hydroxylation is 1. The summed E-state index contributed by atoms with van der Waals surface area (Å²) in [4.78, 5) is 28.3. The minimum atomic E-state index is -0.457. The van der Waals surface area contributed by atoms with Gasteiger partial charge < -0.3 is 9.64 Å². The van der Waals surface area contributed by atoms with Crippen LogP contribution in [0.2, 0.25) is 0 Å². The van der Waals surface area contributed by atoms with Crippen LogP contribution in [0.1, 0.15) is 35.2 Å². The number of pyridine rings is 1. The van der Waals surface area contributed by atoms with Crippen LogP contribution in [-0.4, -0.2) is 44.4 Å². The molecule has 2 saturated heterocycles. The monoisotopic (exact) mass is 418 g/mol. The number of ether oxygens (including phenoxy) is 1. The SMILES string of the molecule is Cc1ccc(O[C@@H]2C[C@@H]3CC[C@@H]2N(C(=O)c2cc(F)ccc2-c2ncccn2)C3)nc1. The van der Waals surface area contributed by atoms with Crippen LogP contribution in [-0.2, 0) is 0 Å². The molecule has 4 heterocycles. The van der Waals surface area contributed by atoms with Gasteiger partial charge in [0.1, 0.15) is 11.9 Å². The van der Waals surface area contributed by atoms with Gasteiger partial charge in [-0.1, -0.05) is 6.07 Å². The van der Waals surface area contributed by atoms with E-state index in [0.717, 1.165) is 24.8 Å². The highest BCUT2D eigenvalue weighted by Crippen LogP contribution is 2.38. The molecule has 0 unspecified atom stereocenters. The van der Waals surface area contributed by atoms with Crippen LogP contribution in [0.15, 0.2) is 55.0 Å². The van der Waals surface area contributed by atoms with E-state index in [1.807, 2.05) is 24.0 Å². The average Bonchev–Trinajstić information content (AvgIpc) is 2.81. The Hall–Kier alpha value is -3.35. The molecule has 2 bridgehead atoms. The van der Waals surface area contributed by atoms with Crippen LogP contribution in [0.5, 0.6) is 5.88 Å². The maximum atomic E-state index is 14.1. The van der Waals surface area contributed by atoms with Gasteiger partial charge in [0.2, 0.25) is 5.88 Å². The van der Waals surface area contributed by atoms with E-state index in [1.165, 1.54) is 12.1 Å². The number of fused-ring (bicyclic) bond motifs is 3. The molecule has 3 aromatic rings. The maximum absolute atomic E-state index is 14.1. The predicted octanol–water partition coefficient (Wildman–Crippen LogP) is 4.06. The number of aromatic nitrogens is 3. The van der Waals surface area contributed by atoms with Crippen molar-refractivity contribution in [3.8, 4) is 17.3 Å². The Morgan fingerprint density at radius 1 is 1.13 bits per heavy atom. The number of benzene rings is 1. The number of amides is 1. The van der Waals surface area contributed by atoms with Crippen LogP contribution in [0.25, 0.3) is 11.4 Å². The summed E-state index contributed by atoms with van der Waals surface area (Å²) in [5.41, 5.74) is 1.88. The fourth-order valence-electron chi connectivity index (χ4n) is 4.65. The minimum absolute atomic E-state index is 0.0755. The van der Waals surface area contributed by atoms with Crippen molar-refractivity contribution in [1.29, 1.82) is 0 Å². The highest BCUT2D eigenvalue weighted by molar-refractivity contribution is 6.00. The van der Waals surface area contributed by atoms with Crippen molar-refractivity contribution in [2.45, 2.75) is 38.3 Å². The Bertz CT molecular complexity index is 1090. The van der Waals surface area contributed by atoms with Crippen molar-refractivity contribution < 1.29 is 13.9 Å². The molecule has 6 nitrogen and oxygen atoms in total. The van der Waals surface area contributed by atoms with Crippen LogP contribution in [0.4, 0.5) is 4.39 Å². The summed E-state index contributed by atoms with van der Waals surface area (Å²) in [5, 5.41) is 0. The molecule has 3 fully saturated rings. The van der Waals surface area contributed by atoms with Crippen molar-refractivity contribution in [1.82, 2.24) is 19.9 Å². The molecule has 3 atom stereocenters. The molecule has 0 radical (unpaired) electrons. The van der Waals surface area contributed by atoms with Gasteiger partial charge in [-0.2, -0.15) is 0 Å². The molecular weight excluding hydrogens is 395 g/mol. The summed E-state index contributed by atoms with van der Waals surface area (Å²) in [6.45, 7) is 2.63. The minimum Gasteiger partial charge on any atom is -0.472 e. The van der Waals surface area contributed by atoms with Gasteiger partial charge in [0.05, 0.1) is 11.6 Å². The molecule has 2 aliphatic heterocycles. The van der Waals surface area contributed by atoms with Crippen molar-refractivity contribution in [2.75, 3.05) is 6.54 Å². The van der Waals surface area contributed by atoms with Gasteiger partial charge in [0.25, 0.3) is 5.91 Å². The lowest BCUT2D eigenvalue weighted by Gasteiger charge is -2.49. The highest BCUT2D eigenvalue weighted by Gasteiger charge is 2.45. The van der Waals surface area contributed by atoms with Gasteiger partial charge in [-0.25, -0.2) is 19.3 Å². The van der Waals surface area contributed by atoms with Gasteiger partial charge in [-0.05, 0) is 61.9 Å². The molecule has 0 spiro atoms. The summed E-state index contributed by atoms with van der Waals surface area (Å²) in [6, 6.07) is 9.65. The summed E-state index contributed by atoms with van der Waals surface area (Å²) in [6.07, 6.45) is 7.69. The van der Waals surface area contributed by atoms with E-state index in [9.17, 15) is 9.18 Å². The summed E-state index contributed by atoms with van der Waals surface area (Å²) < 4.78 is 20.3. The molecule has 31 heavy (non-hydrogen) atoms. The Morgan fingerprint density at radius 2 is 1.97 bits per heavy atom. The first-order valence-electron chi connectivity index (χ1n) is 10.6. The zero-order valence-corrected chi connectivity index (χ0v) is 17.2. The molecule has 3 aliphatic rings. The number of rotatable bonds is 4. The number of carbonyl (C=O) groups excluding carboxylic acids is 1. The predicted molar refractivity (Wildman–Crippen MR) is 113 cm³/mol. The molecule has 1 aromatic carbocycles. The molecule has 1 amide bonds. The van der Waals surface area contributed by atoms with Gasteiger partial charge in [0, 0.05) is 36.8 Å². The van der Waals surface area contributed by atoms with Gasteiger partial charge in [-0.3, -0.25) is 4.79 Å². The summed E-state index contributed by atoms with van der Waals surface area (Å²) >= 11 is 0. The van der Waals surface area contributed by atoms with E-state index in [-0.39, 0.29) is 23.6 Å². The molecule has 1 aliphatic carbocycles. The first kappa shape index (κ1) is 19.6. The quantitative estimate of drug-likeness (QED) is 0.639. The molecule has 6 rings (SSSR count). The van der Waals surface area contributed by atoms with Gasteiger partial charge in [-0.15, -0.1) is 0 Å². The van der Waals surface area contributed by atoms with E-state index in [4.69, 9.17) is 4.74 Å². The molecular formula is C24H23FN4O2. The van der Waals surface area contributed by atoms with Crippen molar-refractivity contribution in [2.24, 2.45) is 5.92 Å². The third-order valence-corrected chi connectivity index (χ3v) is 6.16. The number of nitrogens with zero attached hydrogens (tertiary/aromatic N) is 4. The lowest BCUT2D eigenvalue weighted by Crippen LogP contribution is -2.59. The van der Waals surface area contributed by atoms with Crippen molar-refractivity contribution >= 4 is 5.91 Å².